The summed E-state index contributed by atoms with van der Waals surface area (Å²) in [6, 6.07) is 7.72. The number of benzene rings is 1. The van der Waals surface area contributed by atoms with Crippen molar-refractivity contribution in [3.63, 3.8) is 0 Å². The molecule has 0 atom stereocenters. The van der Waals surface area contributed by atoms with Crippen LogP contribution in [0.15, 0.2) is 24.3 Å². The summed E-state index contributed by atoms with van der Waals surface area (Å²) in [6.07, 6.45) is 0.953. The van der Waals surface area contributed by atoms with Crippen LogP contribution in [0.1, 0.15) is 22.3 Å². The molecule has 17 heavy (non-hydrogen) atoms. The third-order valence-electron chi connectivity index (χ3n) is 2.68. The Labute approximate surface area is 103 Å². The second kappa shape index (κ2) is 7.20. The monoisotopic (exact) mass is 235 g/mol. The van der Waals surface area contributed by atoms with Crippen LogP contribution >= 0.6 is 0 Å². The Morgan fingerprint density at radius 3 is 2.53 bits per heavy atom. The van der Waals surface area contributed by atoms with Gasteiger partial charge in [-0.05, 0) is 20.4 Å². The van der Waals surface area contributed by atoms with Crippen molar-refractivity contribution in [1.82, 2.24) is 4.90 Å². The Hall–Kier alpha value is -1.19. The molecule has 0 aliphatic rings. The van der Waals surface area contributed by atoms with Crippen LogP contribution in [0, 0.1) is 6.92 Å². The zero-order chi connectivity index (χ0) is 12.7. The van der Waals surface area contributed by atoms with E-state index in [0.717, 1.165) is 25.1 Å². The average Bonchev–Trinajstić information content (AvgIpc) is 2.30. The van der Waals surface area contributed by atoms with E-state index in [1.54, 1.807) is 7.11 Å². The van der Waals surface area contributed by atoms with Crippen LogP contribution in [-0.2, 0) is 4.74 Å². The summed E-state index contributed by atoms with van der Waals surface area (Å²) in [7, 11) is 3.65. The summed E-state index contributed by atoms with van der Waals surface area (Å²) in [4.78, 5) is 14.0. The number of ether oxygens (including phenoxy) is 1. The van der Waals surface area contributed by atoms with Crippen molar-refractivity contribution in [1.29, 1.82) is 0 Å². The SMILES string of the molecule is COCCCN(C)CC(=O)c1ccc(C)cc1. The van der Waals surface area contributed by atoms with Gasteiger partial charge in [0, 0.05) is 25.8 Å². The van der Waals surface area contributed by atoms with E-state index in [-0.39, 0.29) is 5.78 Å². The highest BCUT2D eigenvalue weighted by molar-refractivity contribution is 5.97. The Balaban J connectivity index is 2.40. The molecule has 0 spiro atoms. The lowest BCUT2D eigenvalue weighted by molar-refractivity contribution is 0.0938. The maximum absolute atomic E-state index is 11.9. The molecule has 94 valence electrons. The molecule has 0 unspecified atom stereocenters. The van der Waals surface area contributed by atoms with Crippen molar-refractivity contribution in [3.8, 4) is 0 Å². The first-order chi connectivity index (χ1) is 8.13. The largest absolute Gasteiger partial charge is 0.385 e. The van der Waals surface area contributed by atoms with Crippen LogP contribution in [0.25, 0.3) is 0 Å². The Morgan fingerprint density at radius 2 is 1.94 bits per heavy atom. The lowest BCUT2D eigenvalue weighted by Gasteiger charge is -2.15. The third-order valence-corrected chi connectivity index (χ3v) is 2.68. The number of hydrogen-bond donors (Lipinski definition) is 0. The Bertz CT molecular complexity index is 346. The number of nitrogens with zero attached hydrogens (tertiary/aromatic N) is 1. The predicted octanol–water partition coefficient (Wildman–Crippen LogP) is 2.15. The van der Waals surface area contributed by atoms with E-state index in [2.05, 4.69) is 0 Å². The standard InChI is InChI=1S/C14H21NO2/c1-12-5-7-13(8-6-12)14(16)11-15(2)9-4-10-17-3/h5-8H,4,9-11H2,1-3H3. The molecule has 0 N–H and O–H groups in total. The fourth-order valence-electron chi connectivity index (χ4n) is 1.63. The number of carbonyl (C=O) groups excluding carboxylic acids is 1. The minimum absolute atomic E-state index is 0.171. The molecule has 1 aromatic carbocycles. The van der Waals surface area contributed by atoms with Gasteiger partial charge in [0.15, 0.2) is 5.78 Å². The van der Waals surface area contributed by atoms with E-state index in [9.17, 15) is 4.79 Å². The highest BCUT2D eigenvalue weighted by Gasteiger charge is 2.08. The molecule has 3 heteroatoms. The third kappa shape index (κ3) is 5.11. The van der Waals surface area contributed by atoms with Crippen molar-refractivity contribution >= 4 is 5.78 Å². The molecule has 0 heterocycles. The molecule has 0 aromatic heterocycles. The highest BCUT2D eigenvalue weighted by Crippen LogP contribution is 2.05. The zero-order valence-corrected chi connectivity index (χ0v) is 10.9. The highest BCUT2D eigenvalue weighted by atomic mass is 16.5. The summed E-state index contributed by atoms with van der Waals surface area (Å²) >= 11 is 0. The van der Waals surface area contributed by atoms with E-state index in [4.69, 9.17) is 4.74 Å². The van der Waals surface area contributed by atoms with Crippen LogP contribution in [-0.4, -0.2) is 44.5 Å². The van der Waals surface area contributed by atoms with Crippen LogP contribution in [0.5, 0.6) is 0 Å². The molecule has 0 saturated carbocycles. The van der Waals surface area contributed by atoms with E-state index in [0.29, 0.717) is 6.54 Å². The number of rotatable bonds is 7. The quantitative estimate of drug-likeness (QED) is 0.535. The van der Waals surface area contributed by atoms with E-state index in [1.807, 2.05) is 43.1 Å². The smallest absolute Gasteiger partial charge is 0.176 e. The van der Waals surface area contributed by atoms with Crippen LogP contribution in [0.2, 0.25) is 0 Å². The number of aryl methyl sites for hydroxylation is 1. The molecule has 0 saturated heterocycles. The van der Waals surface area contributed by atoms with Crippen molar-refractivity contribution in [2.75, 3.05) is 33.9 Å². The summed E-state index contributed by atoms with van der Waals surface area (Å²) in [5, 5.41) is 0. The van der Waals surface area contributed by atoms with Crippen LogP contribution in [0.4, 0.5) is 0 Å². The van der Waals surface area contributed by atoms with Crippen molar-refractivity contribution < 1.29 is 9.53 Å². The molecule has 1 aromatic rings. The first-order valence-corrected chi connectivity index (χ1v) is 5.91. The summed E-state index contributed by atoms with van der Waals surface area (Å²) in [6.45, 7) is 4.10. The van der Waals surface area contributed by atoms with Gasteiger partial charge in [-0.1, -0.05) is 29.8 Å². The number of carbonyl (C=O) groups is 1. The number of likely N-dealkylation sites (N-methyl/N-ethyl adjacent to an activating group) is 1. The van der Waals surface area contributed by atoms with E-state index < -0.39 is 0 Å². The van der Waals surface area contributed by atoms with Gasteiger partial charge in [0.05, 0.1) is 6.54 Å². The minimum atomic E-state index is 0.171. The fourth-order valence-corrected chi connectivity index (χ4v) is 1.63. The van der Waals surface area contributed by atoms with Gasteiger partial charge >= 0.3 is 0 Å². The van der Waals surface area contributed by atoms with E-state index in [1.165, 1.54) is 5.56 Å². The molecular formula is C14H21NO2. The topological polar surface area (TPSA) is 29.5 Å². The van der Waals surface area contributed by atoms with Crippen LogP contribution in [0.3, 0.4) is 0 Å². The molecular weight excluding hydrogens is 214 g/mol. The van der Waals surface area contributed by atoms with Gasteiger partial charge < -0.3 is 4.74 Å². The Kier molecular flexibility index (Phi) is 5.87. The second-order valence-electron chi connectivity index (χ2n) is 4.37. The Morgan fingerprint density at radius 1 is 1.29 bits per heavy atom. The molecule has 0 aliphatic carbocycles. The summed E-state index contributed by atoms with van der Waals surface area (Å²) in [5.41, 5.74) is 1.96. The van der Waals surface area contributed by atoms with Crippen LogP contribution < -0.4 is 0 Å². The molecule has 3 nitrogen and oxygen atoms in total. The molecule has 1 rings (SSSR count). The number of Topliss-reactive ketones (excluding diaryl/α,β-unsaturated/α-hetero) is 1. The van der Waals surface area contributed by atoms with Gasteiger partial charge in [0.1, 0.15) is 0 Å². The van der Waals surface area contributed by atoms with Gasteiger partial charge in [-0.25, -0.2) is 0 Å². The second-order valence-corrected chi connectivity index (χ2v) is 4.37. The molecule has 0 aliphatic heterocycles. The molecule has 0 amide bonds. The lowest BCUT2D eigenvalue weighted by Crippen LogP contribution is -2.27. The maximum atomic E-state index is 11.9. The average molecular weight is 235 g/mol. The minimum Gasteiger partial charge on any atom is -0.385 e. The fraction of sp³-hybridized carbons (Fsp3) is 0.500. The number of hydrogen-bond acceptors (Lipinski definition) is 3. The first kappa shape index (κ1) is 13.9. The van der Waals surface area contributed by atoms with Gasteiger partial charge in [0.2, 0.25) is 0 Å². The normalized spacial score (nSPS) is 10.8. The summed E-state index contributed by atoms with van der Waals surface area (Å²) in [5.74, 6) is 0.171. The zero-order valence-electron chi connectivity index (χ0n) is 10.9. The molecule has 0 fully saturated rings. The molecule has 0 radical (unpaired) electrons. The van der Waals surface area contributed by atoms with Gasteiger partial charge in [-0.2, -0.15) is 0 Å². The van der Waals surface area contributed by atoms with Crippen molar-refractivity contribution in [3.05, 3.63) is 35.4 Å². The number of methoxy groups -OCH3 is 1. The number of ketones is 1. The van der Waals surface area contributed by atoms with Crippen molar-refractivity contribution in [2.24, 2.45) is 0 Å². The van der Waals surface area contributed by atoms with E-state index >= 15 is 0 Å². The predicted molar refractivity (Wildman–Crippen MR) is 69.5 cm³/mol. The summed E-state index contributed by atoms with van der Waals surface area (Å²) < 4.78 is 4.98. The van der Waals surface area contributed by atoms with Crippen molar-refractivity contribution in [2.45, 2.75) is 13.3 Å². The molecule has 0 bridgehead atoms. The lowest BCUT2D eigenvalue weighted by atomic mass is 10.1. The van der Waals surface area contributed by atoms with Gasteiger partial charge in [-0.3, -0.25) is 9.69 Å². The first-order valence-electron chi connectivity index (χ1n) is 5.91. The van der Waals surface area contributed by atoms with Gasteiger partial charge in [-0.15, -0.1) is 0 Å². The maximum Gasteiger partial charge on any atom is 0.176 e. The van der Waals surface area contributed by atoms with Gasteiger partial charge in [0.25, 0.3) is 0 Å².